The molecule has 1 aromatic heterocycles. The Morgan fingerprint density at radius 1 is 1.35 bits per heavy atom. The minimum absolute atomic E-state index is 0.0699. The maximum atomic E-state index is 12.9. The Morgan fingerprint density at radius 2 is 2.16 bits per heavy atom. The third kappa shape index (κ3) is 4.52. The van der Waals surface area contributed by atoms with E-state index in [1.54, 1.807) is 17.0 Å². The first-order valence-corrected chi connectivity index (χ1v) is 11.5. The van der Waals surface area contributed by atoms with Crippen LogP contribution in [0.1, 0.15) is 52.0 Å². The van der Waals surface area contributed by atoms with Gasteiger partial charge >= 0.3 is 6.03 Å². The number of anilines is 1. The summed E-state index contributed by atoms with van der Waals surface area (Å²) in [5.74, 6) is -0.0254. The summed E-state index contributed by atoms with van der Waals surface area (Å²) in [6.07, 6.45) is 2.72. The van der Waals surface area contributed by atoms with Gasteiger partial charge < -0.3 is 15.5 Å². The van der Waals surface area contributed by atoms with Crippen LogP contribution in [0.5, 0.6) is 0 Å². The van der Waals surface area contributed by atoms with Crippen LogP contribution in [-0.2, 0) is 17.9 Å². The van der Waals surface area contributed by atoms with Crippen LogP contribution < -0.4 is 10.6 Å². The number of ketones is 1. The standard InChI is InChI=1S/C23H24ClN3O3S/c1-13-4-3-5-19(20(28)8-13)27-11-16-17(22(27)29)12-31-21(16)10-25-23(30)26-15-7-6-14(2)18(24)9-15/h6-7,9,12,19H,1,3-5,8,10-11H2,2H3,(H2,25,26,30)/t19-/m0/s1. The quantitative estimate of drug-likeness (QED) is 0.497. The number of carbonyl (C=O) groups is 3. The zero-order chi connectivity index (χ0) is 22.1. The molecule has 0 bridgehead atoms. The first-order chi connectivity index (χ1) is 14.8. The van der Waals surface area contributed by atoms with Crippen molar-refractivity contribution < 1.29 is 14.4 Å². The number of hydrogen-bond acceptors (Lipinski definition) is 4. The van der Waals surface area contributed by atoms with Crippen molar-refractivity contribution in [1.82, 2.24) is 10.2 Å². The Hall–Kier alpha value is -2.64. The molecule has 0 saturated heterocycles. The van der Waals surface area contributed by atoms with Gasteiger partial charge in [-0.1, -0.05) is 29.8 Å². The molecule has 0 unspecified atom stereocenters. The first kappa shape index (κ1) is 21.6. The van der Waals surface area contributed by atoms with E-state index in [9.17, 15) is 14.4 Å². The van der Waals surface area contributed by atoms with Crippen LogP contribution in [0, 0.1) is 6.92 Å². The van der Waals surface area contributed by atoms with Crippen molar-refractivity contribution in [3.05, 3.63) is 62.3 Å². The molecule has 1 aromatic carbocycles. The molecule has 0 spiro atoms. The number of urea groups is 1. The summed E-state index contributed by atoms with van der Waals surface area (Å²) < 4.78 is 0. The molecular formula is C23H24ClN3O3S. The largest absolute Gasteiger partial charge is 0.333 e. The second-order valence-electron chi connectivity index (χ2n) is 8.06. The maximum Gasteiger partial charge on any atom is 0.319 e. The summed E-state index contributed by atoms with van der Waals surface area (Å²) >= 11 is 7.56. The van der Waals surface area contributed by atoms with Crippen molar-refractivity contribution in [2.24, 2.45) is 0 Å². The minimum Gasteiger partial charge on any atom is -0.333 e. The SMILES string of the molecule is C=C1CCC[C@H](N2Cc3c(csc3CNC(=O)Nc3ccc(C)c(Cl)c3)C2=O)C(=O)C1. The number of halogens is 1. The highest BCUT2D eigenvalue weighted by atomic mass is 35.5. The van der Waals surface area contributed by atoms with Crippen LogP contribution in [-0.4, -0.2) is 28.7 Å². The van der Waals surface area contributed by atoms with E-state index in [1.165, 1.54) is 11.3 Å². The second-order valence-corrected chi connectivity index (χ2v) is 9.43. The Labute approximate surface area is 190 Å². The number of nitrogens with one attached hydrogen (secondary N) is 2. The summed E-state index contributed by atoms with van der Waals surface area (Å²) in [7, 11) is 0. The monoisotopic (exact) mass is 457 g/mol. The van der Waals surface area contributed by atoms with Gasteiger partial charge in [-0.3, -0.25) is 9.59 Å². The molecule has 8 heteroatoms. The van der Waals surface area contributed by atoms with E-state index in [4.69, 9.17) is 11.6 Å². The van der Waals surface area contributed by atoms with E-state index < -0.39 is 0 Å². The van der Waals surface area contributed by atoms with Crippen molar-refractivity contribution in [2.45, 2.75) is 51.7 Å². The van der Waals surface area contributed by atoms with Gasteiger partial charge in [-0.15, -0.1) is 11.3 Å². The number of nitrogens with zero attached hydrogens (tertiary/aromatic N) is 1. The van der Waals surface area contributed by atoms with E-state index in [-0.39, 0.29) is 23.8 Å². The van der Waals surface area contributed by atoms with Crippen molar-refractivity contribution >= 4 is 46.3 Å². The van der Waals surface area contributed by atoms with Gasteiger partial charge in [-0.2, -0.15) is 0 Å². The van der Waals surface area contributed by atoms with Crippen LogP contribution in [0.25, 0.3) is 0 Å². The number of Topliss-reactive ketones (excluding diaryl/α,β-unsaturated/α-hetero) is 1. The average Bonchev–Trinajstić information content (AvgIpc) is 3.21. The van der Waals surface area contributed by atoms with Crippen LogP contribution in [0.15, 0.2) is 35.7 Å². The molecule has 1 aliphatic carbocycles. The molecule has 3 amide bonds. The summed E-state index contributed by atoms with van der Waals surface area (Å²) in [4.78, 5) is 40.5. The van der Waals surface area contributed by atoms with Gasteiger partial charge in [0.15, 0.2) is 5.78 Å². The Kier molecular flexibility index (Phi) is 6.16. The number of hydrogen-bond donors (Lipinski definition) is 2. The third-order valence-electron chi connectivity index (χ3n) is 5.82. The van der Waals surface area contributed by atoms with E-state index in [1.807, 2.05) is 18.4 Å². The van der Waals surface area contributed by atoms with Gasteiger partial charge in [0.2, 0.25) is 0 Å². The van der Waals surface area contributed by atoms with Gasteiger partial charge in [0, 0.05) is 33.9 Å². The molecule has 2 N–H and O–H groups in total. The van der Waals surface area contributed by atoms with Gasteiger partial charge in [-0.05, 0) is 49.4 Å². The molecule has 0 radical (unpaired) electrons. The second kappa shape index (κ2) is 8.85. The van der Waals surface area contributed by atoms with Gasteiger partial charge in [0.05, 0.1) is 18.2 Å². The number of thiophene rings is 1. The molecule has 2 heterocycles. The zero-order valence-electron chi connectivity index (χ0n) is 17.3. The predicted octanol–water partition coefficient (Wildman–Crippen LogP) is 5.06. The lowest BCUT2D eigenvalue weighted by Gasteiger charge is -2.25. The molecule has 1 aliphatic heterocycles. The molecule has 1 atom stereocenters. The Balaban J connectivity index is 1.40. The van der Waals surface area contributed by atoms with Crippen LogP contribution in [0.3, 0.4) is 0 Å². The fourth-order valence-electron chi connectivity index (χ4n) is 4.07. The number of carbonyl (C=O) groups excluding carboxylic acids is 3. The summed E-state index contributed by atoms with van der Waals surface area (Å²) in [5, 5.41) is 8.02. The van der Waals surface area contributed by atoms with Crippen LogP contribution in [0.4, 0.5) is 10.5 Å². The van der Waals surface area contributed by atoms with Crippen molar-refractivity contribution in [3.8, 4) is 0 Å². The number of aryl methyl sites for hydroxylation is 1. The fraction of sp³-hybridized carbons (Fsp3) is 0.348. The third-order valence-corrected chi connectivity index (χ3v) is 7.26. The number of fused-ring (bicyclic) bond motifs is 1. The van der Waals surface area contributed by atoms with E-state index in [2.05, 4.69) is 17.2 Å². The van der Waals surface area contributed by atoms with E-state index in [0.717, 1.165) is 34.4 Å². The number of amides is 3. The van der Waals surface area contributed by atoms with Gasteiger partial charge in [-0.25, -0.2) is 4.79 Å². The van der Waals surface area contributed by atoms with Crippen LogP contribution >= 0.6 is 22.9 Å². The number of allylic oxidation sites excluding steroid dienone is 1. The average molecular weight is 458 g/mol. The number of benzene rings is 1. The summed E-state index contributed by atoms with van der Waals surface area (Å²) in [5.41, 5.74) is 4.04. The highest BCUT2D eigenvalue weighted by molar-refractivity contribution is 7.10. The lowest BCUT2D eigenvalue weighted by Crippen LogP contribution is -2.40. The lowest BCUT2D eigenvalue weighted by molar-refractivity contribution is -0.122. The van der Waals surface area contributed by atoms with Crippen molar-refractivity contribution in [2.75, 3.05) is 5.32 Å². The van der Waals surface area contributed by atoms with Crippen molar-refractivity contribution in [3.63, 3.8) is 0 Å². The highest BCUT2D eigenvalue weighted by Gasteiger charge is 2.38. The first-order valence-electron chi connectivity index (χ1n) is 10.2. The number of rotatable bonds is 4. The molecule has 2 aliphatic rings. The summed E-state index contributed by atoms with van der Waals surface area (Å²) in [6.45, 7) is 6.56. The fourth-order valence-corrected chi connectivity index (χ4v) is 5.22. The summed E-state index contributed by atoms with van der Waals surface area (Å²) in [6, 6.07) is 4.60. The van der Waals surface area contributed by atoms with Gasteiger partial charge in [0.25, 0.3) is 5.91 Å². The van der Waals surface area contributed by atoms with Gasteiger partial charge in [0.1, 0.15) is 0 Å². The molecule has 31 heavy (non-hydrogen) atoms. The van der Waals surface area contributed by atoms with Crippen molar-refractivity contribution in [1.29, 1.82) is 0 Å². The maximum absolute atomic E-state index is 12.9. The Bertz CT molecular complexity index is 1080. The predicted molar refractivity (Wildman–Crippen MR) is 123 cm³/mol. The van der Waals surface area contributed by atoms with E-state index >= 15 is 0 Å². The minimum atomic E-state index is -0.389. The molecule has 6 nitrogen and oxygen atoms in total. The molecule has 162 valence electrons. The molecule has 1 saturated carbocycles. The molecule has 2 aromatic rings. The lowest BCUT2D eigenvalue weighted by atomic mass is 10.1. The molecule has 1 fully saturated rings. The normalized spacial score (nSPS) is 18.7. The molecular weight excluding hydrogens is 434 g/mol. The Morgan fingerprint density at radius 3 is 2.94 bits per heavy atom. The van der Waals surface area contributed by atoms with Crippen LogP contribution in [0.2, 0.25) is 5.02 Å². The topological polar surface area (TPSA) is 78.5 Å². The molecule has 4 rings (SSSR count). The van der Waals surface area contributed by atoms with E-state index in [0.29, 0.717) is 42.2 Å². The zero-order valence-corrected chi connectivity index (χ0v) is 18.9. The highest BCUT2D eigenvalue weighted by Crippen LogP contribution is 2.35. The smallest absolute Gasteiger partial charge is 0.319 e.